The number of aliphatic hydroxyl groups is 1. The van der Waals surface area contributed by atoms with Gasteiger partial charge in [-0.3, -0.25) is 0 Å². The molecule has 1 heterocycles. The van der Waals surface area contributed by atoms with Crippen molar-refractivity contribution in [1.29, 1.82) is 0 Å². The van der Waals surface area contributed by atoms with E-state index < -0.39 is 0 Å². The lowest BCUT2D eigenvalue weighted by atomic mass is 9.80. The van der Waals surface area contributed by atoms with Gasteiger partial charge in [-0.2, -0.15) is 0 Å². The molecule has 1 saturated heterocycles. The van der Waals surface area contributed by atoms with Crippen LogP contribution in [0.2, 0.25) is 0 Å². The fourth-order valence-electron chi connectivity index (χ4n) is 3.48. The number of likely N-dealkylation sites (tertiary alicyclic amines) is 1. The smallest absolute Gasteiger partial charge is 0.0558 e. The molecule has 2 aliphatic rings. The molecule has 2 rings (SSSR count). The zero-order valence-electron chi connectivity index (χ0n) is 10.5. The monoisotopic (exact) mass is 225 g/mol. The minimum absolute atomic E-state index is 0.327. The number of nitrogens with zero attached hydrogens (tertiary/aromatic N) is 1. The molecule has 0 aromatic carbocycles. The van der Waals surface area contributed by atoms with Gasteiger partial charge >= 0.3 is 0 Å². The van der Waals surface area contributed by atoms with E-state index >= 15 is 0 Å². The summed E-state index contributed by atoms with van der Waals surface area (Å²) in [6, 6.07) is 0. The predicted molar refractivity (Wildman–Crippen MR) is 67.4 cm³/mol. The Bertz CT molecular complexity index is 181. The second-order valence-corrected chi connectivity index (χ2v) is 5.75. The molecule has 1 saturated carbocycles. The molecule has 1 aliphatic heterocycles. The number of hydrogen-bond donors (Lipinski definition) is 1. The van der Waals surface area contributed by atoms with Gasteiger partial charge in [0.05, 0.1) is 6.61 Å². The fourth-order valence-corrected chi connectivity index (χ4v) is 3.48. The molecule has 2 heteroatoms. The van der Waals surface area contributed by atoms with Gasteiger partial charge in [0.15, 0.2) is 0 Å². The Morgan fingerprint density at radius 3 is 2.12 bits per heavy atom. The van der Waals surface area contributed by atoms with Crippen molar-refractivity contribution >= 4 is 0 Å². The normalized spacial score (nSPS) is 26.1. The summed E-state index contributed by atoms with van der Waals surface area (Å²) >= 11 is 0. The highest BCUT2D eigenvalue weighted by Gasteiger charge is 2.23. The summed E-state index contributed by atoms with van der Waals surface area (Å²) in [7, 11) is 0. The maximum Gasteiger partial charge on any atom is 0.0558 e. The van der Waals surface area contributed by atoms with E-state index in [1.807, 2.05) is 0 Å². The van der Waals surface area contributed by atoms with Gasteiger partial charge in [-0.25, -0.2) is 0 Å². The first kappa shape index (κ1) is 12.4. The zero-order chi connectivity index (χ0) is 11.2. The van der Waals surface area contributed by atoms with Crippen molar-refractivity contribution in [3.05, 3.63) is 0 Å². The van der Waals surface area contributed by atoms with Crippen LogP contribution in [0.5, 0.6) is 0 Å². The van der Waals surface area contributed by atoms with Crippen LogP contribution in [0.25, 0.3) is 0 Å². The number of piperidine rings is 1. The standard InChI is InChI=1S/C14H27NO/c16-11-10-15-8-6-14(7-9-15)12-13-4-2-1-3-5-13/h13-14,16H,1-12H2. The average molecular weight is 225 g/mol. The SMILES string of the molecule is OCCN1CCC(CC2CCCCC2)CC1. The lowest BCUT2D eigenvalue weighted by Gasteiger charge is -2.34. The van der Waals surface area contributed by atoms with Crippen LogP contribution in [0.15, 0.2) is 0 Å². The Morgan fingerprint density at radius 1 is 0.875 bits per heavy atom. The maximum absolute atomic E-state index is 8.90. The van der Waals surface area contributed by atoms with Gasteiger partial charge in [-0.1, -0.05) is 32.1 Å². The van der Waals surface area contributed by atoms with Crippen LogP contribution in [0.1, 0.15) is 51.4 Å². The van der Waals surface area contributed by atoms with Crippen LogP contribution in [-0.4, -0.2) is 36.2 Å². The second-order valence-electron chi connectivity index (χ2n) is 5.75. The summed E-state index contributed by atoms with van der Waals surface area (Å²) in [5.41, 5.74) is 0. The molecule has 0 spiro atoms. The van der Waals surface area contributed by atoms with E-state index in [1.54, 1.807) is 0 Å². The van der Waals surface area contributed by atoms with Crippen molar-refractivity contribution in [3.8, 4) is 0 Å². The molecule has 0 radical (unpaired) electrons. The Labute approximate surface area is 100 Å². The summed E-state index contributed by atoms with van der Waals surface area (Å²) in [5.74, 6) is 2.03. The molecule has 2 fully saturated rings. The Hall–Kier alpha value is -0.0800. The van der Waals surface area contributed by atoms with E-state index in [0.29, 0.717) is 6.61 Å². The highest BCUT2D eigenvalue weighted by atomic mass is 16.3. The molecule has 2 nitrogen and oxygen atoms in total. The summed E-state index contributed by atoms with van der Waals surface area (Å²) in [6.07, 6.45) is 11.7. The van der Waals surface area contributed by atoms with Crippen molar-refractivity contribution in [1.82, 2.24) is 4.90 Å². The summed E-state index contributed by atoms with van der Waals surface area (Å²) in [6.45, 7) is 3.65. The van der Waals surface area contributed by atoms with Gasteiger partial charge < -0.3 is 10.0 Å². The number of aliphatic hydroxyl groups excluding tert-OH is 1. The third kappa shape index (κ3) is 3.74. The number of hydrogen-bond acceptors (Lipinski definition) is 2. The van der Waals surface area contributed by atoms with Crippen LogP contribution in [-0.2, 0) is 0 Å². The number of rotatable bonds is 4. The molecular weight excluding hydrogens is 198 g/mol. The van der Waals surface area contributed by atoms with Crippen molar-refractivity contribution in [2.75, 3.05) is 26.2 Å². The first-order chi connectivity index (χ1) is 7.88. The van der Waals surface area contributed by atoms with E-state index in [-0.39, 0.29) is 0 Å². The van der Waals surface area contributed by atoms with E-state index in [1.165, 1.54) is 64.5 Å². The molecule has 0 aromatic rings. The van der Waals surface area contributed by atoms with Crippen molar-refractivity contribution in [2.45, 2.75) is 51.4 Å². The second kappa shape index (κ2) is 6.61. The zero-order valence-corrected chi connectivity index (χ0v) is 10.5. The van der Waals surface area contributed by atoms with Crippen molar-refractivity contribution < 1.29 is 5.11 Å². The summed E-state index contributed by atoms with van der Waals surface area (Å²) in [4.78, 5) is 2.41. The van der Waals surface area contributed by atoms with Gasteiger partial charge in [0, 0.05) is 6.54 Å². The molecule has 0 bridgehead atoms. The Kier molecular flexibility index (Phi) is 5.11. The predicted octanol–water partition coefficient (Wildman–Crippen LogP) is 2.66. The quantitative estimate of drug-likeness (QED) is 0.795. The van der Waals surface area contributed by atoms with Gasteiger partial charge in [0.1, 0.15) is 0 Å². The number of β-amino-alcohol motifs (C(OH)–C–C–N with tert-alkyl or cyclic N) is 1. The Morgan fingerprint density at radius 2 is 1.50 bits per heavy atom. The minimum Gasteiger partial charge on any atom is -0.395 e. The van der Waals surface area contributed by atoms with Crippen LogP contribution in [0.3, 0.4) is 0 Å². The maximum atomic E-state index is 8.90. The highest BCUT2D eigenvalue weighted by molar-refractivity contribution is 4.76. The first-order valence-electron chi connectivity index (χ1n) is 7.21. The first-order valence-corrected chi connectivity index (χ1v) is 7.21. The van der Waals surface area contributed by atoms with Crippen LogP contribution in [0.4, 0.5) is 0 Å². The topological polar surface area (TPSA) is 23.5 Å². The molecule has 1 aliphatic carbocycles. The highest BCUT2D eigenvalue weighted by Crippen LogP contribution is 2.32. The largest absolute Gasteiger partial charge is 0.395 e. The third-order valence-electron chi connectivity index (χ3n) is 4.51. The van der Waals surface area contributed by atoms with E-state index in [4.69, 9.17) is 5.11 Å². The van der Waals surface area contributed by atoms with Gasteiger partial charge in [0.2, 0.25) is 0 Å². The van der Waals surface area contributed by atoms with Crippen LogP contribution in [0, 0.1) is 11.8 Å². The Balaban J connectivity index is 1.64. The fraction of sp³-hybridized carbons (Fsp3) is 1.00. The molecule has 0 amide bonds. The molecule has 1 N–H and O–H groups in total. The van der Waals surface area contributed by atoms with Crippen LogP contribution >= 0.6 is 0 Å². The van der Waals surface area contributed by atoms with Gasteiger partial charge in [0.25, 0.3) is 0 Å². The molecule has 0 atom stereocenters. The van der Waals surface area contributed by atoms with Gasteiger partial charge in [-0.15, -0.1) is 0 Å². The minimum atomic E-state index is 0.327. The van der Waals surface area contributed by atoms with E-state index in [0.717, 1.165) is 18.4 Å². The lowest BCUT2D eigenvalue weighted by Crippen LogP contribution is -2.36. The van der Waals surface area contributed by atoms with E-state index in [9.17, 15) is 0 Å². The third-order valence-corrected chi connectivity index (χ3v) is 4.51. The summed E-state index contributed by atoms with van der Waals surface area (Å²) < 4.78 is 0. The van der Waals surface area contributed by atoms with Crippen molar-refractivity contribution in [3.63, 3.8) is 0 Å². The lowest BCUT2D eigenvalue weighted by molar-refractivity contribution is 0.132. The molecule has 16 heavy (non-hydrogen) atoms. The van der Waals surface area contributed by atoms with Crippen molar-refractivity contribution in [2.24, 2.45) is 11.8 Å². The molecule has 0 aromatic heterocycles. The van der Waals surface area contributed by atoms with Gasteiger partial charge in [-0.05, 0) is 44.2 Å². The summed E-state index contributed by atoms with van der Waals surface area (Å²) in [5, 5.41) is 8.90. The molecular formula is C14H27NO. The van der Waals surface area contributed by atoms with Crippen LogP contribution < -0.4 is 0 Å². The van der Waals surface area contributed by atoms with E-state index in [2.05, 4.69) is 4.90 Å². The molecule has 0 unspecified atom stereocenters. The average Bonchev–Trinajstić information content (AvgIpc) is 2.33. The molecule has 94 valence electrons.